The molecule has 1 atom stereocenters. The van der Waals surface area contributed by atoms with Crippen LogP contribution in [0.3, 0.4) is 0 Å². The van der Waals surface area contributed by atoms with Crippen molar-refractivity contribution >= 4 is 29.3 Å². The first kappa shape index (κ1) is 20.2. The summed E-state index contributed by atoms with van der Waals surface area (Å²) in [4.78, 5) is 30.1. The van der Waals surface area contributed by atoms with E-state index in [-0.39, 0.29) is 23.0 Å². The lowest BCUT2D eigenvalue weighted by Crippen LogP contribution is -2.29. The maximum absolute atomic E-state index is 13.3. The molecule has 2 aromatic rings. The van der Waals surface area contributed by atoms with Gasteiger partial charge in [-0.3, -0.25) is 9.59 Å². The van der Waals surface area contributed by atoms with E-state index in [0.717, 1.165) is 12.1 Å². The van der Waals surface area contributed by atoms with Crippen LogP contribution in [-0.4, -0.2) is 51.4 Å². The Bertz CT molecular complexity index is 855. The second-order valence-corrected chi connectivity index (χ2v) is 7.35. The third kappa shape index (κ3) is 4.67. The molecule has 3 rings (SSSR count). The highest BCUT2D eigenvalue weighted by atomic mass is 32.2. The summed E-state index contributed by atoms with van der Waals surface area (Å²) in [5, 5.41) is 2.43. The van der Waals surface area contributed by atoms with Crippen molar-refractivity contribution in [2.24, 2.45) is 0 Å². The van der Waals surface area contributed by atoms with Gasteiger partial charge < -0.3 is 14.8 Å². The van der Waals surface area contributed by atoms with E-state index in [2.05, 4.69) is 10.3 Å². The van der Waals surface area contributed by atoms with Crippen LogP contribution in [0.25, 0.3) is 0 Å². The number of halogens is 3. The second-order valence-electron chi connectivity index (χ2n) is 6.48. The number of aromatic nitrogens is 2. The van der Waals surface area contributed by atoms with E-state index in [9.17, 15) is 22.8 Å². The Balaban J connectivity index is 1.83. The standard InChI is InChI=1S/C18H19F3N4O2S/c1-28-10-16(26)23-14-7-12(6-13(8-14)18(19,20)21)17(27)24-4-2-15(9-24)25-5-3-22-11-25/h3,5-8,11,15H,2,4,9-10H2,1H3,(H,23,26). The first-order valence-corrected chi connectivity index (χ1v) is 9.95. The minimum absolute atomic E-state index is 0.0393. The Morgan fingerprint density at radius 2 is 2.11 bits per heavy atom. The molecule has 1 aliphatic rings. The molecule has 0 saturated carbocycles. The van der Waals surface area contributed by atoms with Crippen LogP contribution < -0.4 is 5.32 Å². The number of benzene rings is 1. The lowest BCUT2D eigenvalue weighted by molar-refractivity contribution is -0.137. The highest BCUT2D eigenvalue weighted by Crippen LogP contribution is 2.33. The first-order valence-electron chi connectivity index (χ1n) is 8.55. The average molecular weight is 412 g/mol. The van der Waals surface area contributed by atoms with Crippen LogP contribution in [0.1, 0.15) is 28.4 Å². The number of carbonyl (C=O) groups is 2. The van der Waals surface area contributed by atoms with Crippen LogP contribution >= 0.6 is 11.8 Å². The number of alkyl halides is 3. The number of hydrogen-bond donors (Lipinski definition) is 1. The number of hydrogen-bond acceptors (Lipinski definition) is 4. The molecule has 1 saturated heterocycles. The number of amides is 2. The fourth-order valence-corrected chi connectivity index (χ4v) is 3.49. The number of thioether (sulfide) groups is 1. The fourth-order valence-electron chi connectivity index (χ4n) is 3.15. The number of nitrogens with one attached hydrogen (secondary N) is 1. The molecule has 1 N–H and O–H groups in total. The zero-order chi connectivity index (χ0) is 20.3. The smallest absolute Gasteiger partial charge is 0.336 e. The Hall–Kier alpha value is -2.49. The summed E-state index contributed by atoms with van der Waals surface area (Å²) < 4.78 is 41.7. The molecule has 1 fully saturated rings. The molecule has 0 bridgehead atoms. The molecular weight excluding hydrogens is 393 g/mol. The largest absolute Gasteiger partial charge is 0.416 e. The van der Waals surface area contributed by atoms with Crippen molar-refractivity contribution in [2.45, 2.75) is 18.6 Å². The Morgan fingerprint density at radius 1 is 1.32 bits per heavy atom. The van der Waals surface area contributed by atoms with E-state index in [1.165, 1.54) is 22.7 Å². The SMILES string of the molecule is CSCC(=O)Nc1cc(C(=O)N2CCC(n3ccnc3)C2)cc(C(F)(F)F)c1. The van der Waals surface area contributed by atoms with Crippen molar-refractivity contribution in [2.75, 3.05) is 30.4 Å². The lowest BCUT2D eigenvalue weighted by atomic mass is 10.1. The Labute approximate surface area is 164 Å². The predicted octanol–water partition coefficient (Wildman–Crippen LogP) is 3.29. The van der Waals surface area contributed by atoms with Crippen LogP contribution in [0.5, 0.6) is 0 Å². The first-order chi connectivity index (χ1) is 13.3. The minimum atomic E-state index is -4.63. The molecule has 1 unspecified atom stereocenters. The zero-order valence-corrected chi connectivity index (χ0v) is 15.9. The number of imidazole rings is 1. The van der Waals surface area contributed by atoms with Gasteiger partial charge in [-0.05, 0) is 30.9 Å². The van der Waals surface area contributed by atoms with Gasteiger partial charge in [-0.25, -0.2) is 4.98 Å². The monoisotopic (exact) mass is 412 g/mol. The van der Waals surface area contributed by atoms with Crippen LogP contribution in [0.2, 0.25) is 0 Å². The van der Waals surface area contributed by atoms with Crippen molar-refractivity contribution in [1.82, 2.24) is 14.5 Å². The Kier molecular flexibility index (Phi) is 5.97. The van der Waals surface area contributed by atoms with Crippen LogP contribution in [0, 0.1) is 0 Å². The summed E-state index contributed by atoms with van der Waals surface area (Å²) in [7, 11) is 0. The minimum Gasteiger partial charge on any atom is -0.336 e. The molecule has 0 aliphatic carbocycles. The van der Waals surface area contributed by atoms with Gasteiger partial charge in [-0.15, -0.1) is 0 Å². The molecule has 2 amide bonds. The molecule has 1 aromatic heterocycles. The van der Waals surface area contributed by atoms with Gasteiger partial charge in [0.2, 0.25) is 5.91 Å². The van der Waals surface area contributed by atoms with Crippen molar-refractivity contribution in [1.29, 1.82) is 0 Å². The van der Waals surface area contributed by atoms with E-state index >= 15 is 0 Å². The lowest BCUT2D eigenvalue weighted by Gasteiger charge is -2.19. The predicted molar refractivity (Wildman–Crippen MR) is 100 cm³/mol. The third-order valence-corrected chi connectivity index (χ3v) is 5.01. The van der Waals surface area contributed by atoms with E-state index in [0.29, 0.717) is 19.5 Å². The maximum Gasteiger partial charge on any atom is 0.416 e. The molecule has 0 radical (unpaired) electrons. The molecule has 2 heterocycles. The van der Waals surface area contributed by atoms with Crippen molar-refractivity contribution in [3.05, 3.63) is 48.0 Å². The van der Waals surface area contributed by atoms with E-state index in [1.54, 1.807) is 25.0 Å². The molecule has 28 heavy (non-hydrogen) atoms. The average Bonchev–Trinajstić information content (AvgIpc) is 3.31. The van der Waals surface area contributed by atoms with Gasteiger partial charge in [0.25, 0.3) is 5.91 Å². The van der Waals surface area contributed by atoms with Crippen LogP contribution in [0.4, 0.5) is 18.9 Å². The normalized spacial score (nSPS) is 17.0. The summed E-state index contributed by atoms with van der Waals surface area (Å²) in [5.74, 6) is -0.807. The third-order valence-electron chi connectivity index (χ3n) is 4.46. The fraction of sp³-hybridized carbons (Fsp3) is 0.389. The summed E-state index contributed by atoms with van der Waals surface area (Å²) in [6.45, 7) is 0.825. The highest BCUT2D eigenvalue weighted by Gasteiger charge is 2.33. The van der Waals surface area contributed by atoms with Gasteiger partial charge >= 0.3 is 6.18 Å². The van der Waals surface area contributed by atoms with E-state index < -0.39 is 23.6 Å². The molecule has 1 aromatic carbocycles. The number of likely N-dealkylation sites (tertiary alicyclic amines) is 1. The van der Waals surface area contributed by atoms with Gasteiger partial charge in [0.15, 0.2) is 0 Å². The van der Waals surface area contributed by atoms with Crippen molar-refractivity contribution in [3.63, 3.8) is 0 Å². The molecule has 0 spiro atoms. The number of nitrogens with zero attached hydrogens (tertiary/aromatic N) is 3. The van der Waals surface area contributed by atoms with Gasteiger partial charge in [-0.1, -0.05) is 0 Å². The topological polar surface area (TPSA) is 67.2 Å². The maximum atomic E-state index is 13.3. The van der Waals surface area contributed by atoms with Crippen LogP contribution in [-0.2, 0) is 11.0 Å². The summed E-state index contributed by atoms with van der Waals surface area (Å²) in [6.07, 6.45) is 2.87. The van der Waals surface area contributed by atoms with Crippen molar-refractivity contribution in [3.8, 4) is 0 Å². The van der Waals surface area contributed by atoms with Gasteiger partial charge in [0.1, 0.15) is 0 Å². The zero-order valence-electron chi connectivity index (χ0n) is 15.1. The van der Waals surface area contributed by atoms with Gasteiger partial charge in [0, 0.05) is 36.7 Å². The summed E-state index contributed by atoms with van der Waals surface area (Å²) in [5.41, 5.74) is -1.11. The second kappa shape index (κ2) is 8.26. The molecule has 10 heteroatoms. The van der Waals surface area contributed by atoms with Crippen LogP contribution in [0.15, 0.2) is 36.9 Å². The molecular formula is C18H19F3N4O2S. The molecule has 150 valence electrons. The van der Waals surface area contributed by atoms with E-state index in [1.807, 2.05) is 4.57 Å². The van der Waals surface area contributed by atoms with Gasteiger partial charge in [0.05, 0.1) is 23.7 Å². The quantitative estimate of drug-likeness (QED) is 0.819. The molecule has 1 aliphatic heterocycles. The molecule has 6 nitrogen and oxygen atoms in total. The van der Waals surface area contributed by atoms with E-state index in [4.69, 9.17) is 0 Å². The number of rotatable bonds is 5. The van der Waals surface area contributed by atoms with Gasteiger partial charge in [-0.2, -0.15) is 24.9 Å². The van der Waals surface area contributed by atoms with Crippen molar-refractivity contribution < 1.29 is 22.8 Å². The number of anilines is 1. The summed E-state index contributed by atoms with van der Waals surface area (Å²) >= 11 is 1.25. The number of carbonyl (C=O) groups excluding carboxylic acids is 2. The highest BCUT2D eigenvalue weighted by molar-refractivity contribution is 7.99. The Morgan fingerprint density at radius 3 is 2.75 bits per heavy atom. The summed E-state index contributed by atoms with van der Waals surface area (Å²) in [6, 6.07) is 3.00.